The van der Waals surface area contributed by atoms with Gasteiger partial charge in [0, 0.05) is 5.41 Å². The fourth-order valence-electron chi connectivity index (χ4n) is 17.3. The average Bonchev–Trinajstić information content (AvgIpc) is 0.685. The summed E-state index contributed by atoms with van der Waals surface area (Å²) in [5, 5.41) is 162. The third kappa shape index (κ3) is 12.1. The summed E-state index contributed by atoms with van der Waals surface area (Å²) in [5.41, 5.74) is -4.68. The Hall–Kier alpha value is -3.18. The monoisotopic (exact) mass is 1260 g/mol. The quantitative estimate of drug-likeness (QED) is 0.0435. The van der Waals surface area contributed by atoms with Crippen molar-refractivity contribution in [2.24, 2.45) is 50.2 Å². The van der Waals surface area contributed by atoms with Gasteiger partial charge in [0.05, 0.1) is 49.3 Å². The van der Waals surface area contributed by atoms with Crippen molar-refractivity contribution in [2.45, 2.75) is 267 Å². The molecule has 0 bridgehead atoms. The van der Waals surface area contributed by atoms with E-state index in [2.05, 4.69) is 40.7 Å². The number of carboxylic acid groups (broad SMARTS) is 2. The number of carboxylic acids is 2. The van der Waals surface area contributed by atoms with E-state index in [0.29, 0.717) is 57.8 Å². The topological polar surface area (TPSA) is 455 Å². The van der Waals surface area contributed by atoms with Gasteiger partial charge >= 0.3 is 23.9 Å². The Morgan fingerprint density at radius 3 is 1.85 bits per heavy atom. The molecule has 0 amide bonds. The van der Waals surface area contributed by atoms with E-state index in [4.69, 9.17) is 47.7 Å². The van der Waals surface area contributed by atoms with Gasteiger partial charge in [-0.25, -0.2) is 4.79 Å². The zero-order valence-corrected chi connectivity index (χ0v) is 51.1. The molecule has 4 aliphatic heterocycles. The van der Waals surface area contributed by atoms with E-state index in [1.807, 2.05) is 6.92 Å². The van der Waals surface area contributed by atoms with Gasteiger partial charge in [-0.05, 0) is 117 Å². The molecule has 8 fully saturated rings. The standard InChI is InChI=1S/C60H94O28/c1-25-35(66)38(69)43(74)49(81-25)86-46-40(71)36(67)28(22-61)82-51(46)87-47-42(73)41(72)45(48(76)77)85-52(47)84-32-12-13-56(5)30(57(32,6)24-62)11-14-59(8)31(56)10-9-26-27-19-54(2,3)15-17-60(27,18-16-58(26,59)7)53(78)88-50-44(75)39(70)37(68)29(83-50)23-80-34(65)21-55(4,79)20-33(63)64/h9,25,27-32,35-47,49-52,61-62,66-75,79H,10-24H2,1-8H3,(H,63,64)(H,76,77)/t25-,27-,28+,29+,30+,31+,32-,35-,36-,37+,38+,39-,40-,41-,42-,43+,44+,45-,46+,47+,49-,50-,51-,52+,55-,56-,57+,58+,59+,60-/m0/s1. The van der Waals surface area contributed by atoms with Crippen LogP contribution in [-0.4, -0.2) is 255 Å². The summed E-state index contributed by atoms with van der Waals surface area (Å²) in [4.78, 5) is 51.6. The molecule has 0 unspecified atom stereocenters. The number of carbonyl (C=O) groups excluding carboxylic acids is 2. The van der Waals surface area contributed by atoms with E-state index in [0.717, 1.165) is 12.5 Å². The second-order valence-electron chi connectivity index (χ2n) is 28.9. The van der Waals surface area contributed by atoms with Crippen LogP contribution in [0.2, 0.25) is 0 Å². The van der Waals surface area contributed by atoms with Crippen molar-refractivity contribution in [3.8, 4) is 0 Å². The lowest BCUT2D eigenvalue weighted by molar-refractivity contribution is -0.396. The molecule has 4 saturated carbocycles. The molecule has 0 spiro atoms. The number of aliphatic hydroxyl groups is 13. The van der Waals surface area contributed by atoms with Crippen LogP contribution in [-0.2, 0) is 61.8 Å². The molecule has 0 aromatic rings. The Labute approximate surface area is 509 Å². The zero-order chi connectivity index (χ0) is 64.9. The lowest BCUT2D eigenvalue weighted by atomic mass is 9.33. The zero-order valence-electron chi connectivity index (χ0n) is 51.1. The molecule has 4 saturated heterocycles. The molecule has 4 heterocycles. The highest BCUT2D eigenvalue weighted by Gasteiger charge is 2.71. The van der Waals surface area contributed by atoms with Crippen LogP contribution in [0.5, 0.6) is 0 Å². The maximum absolute atomic E-state index is 15.1. The van der Waals surface area contributed by atoms with Crippen molar-refractivity contribution in [2.75, 3.05) is 19.8 Å². The fraction of sp³-hybridized carbons (Fsp3) is 0.900. The first-order valence-corrected chi connectivity index (χ1v) is 30.8. The van der Waals surface area contributed by atoms with E-state index in [-0.39, 0.29) is 29.6 Å². The molecule has 28 nitrogen and oxygen atoms in total. The number of carbonyl (C=O) groups is 4. The maximum Gasteiger partial charge on any atom is 0.335 e. The minimum absolute atomic E-state index is 0.0144. The number of fused-ring (bicyclic) bond motifs is 7. The number of aliphatic carboxylic acids is 2. The van der Waals surface area contributed by atoms with E-state index >= 15 is 4.79 Å². The van der Waals surface area contributed by atoms with Gasteiger partial charge in [0.1, 0.15) is 92.1 Å². The van der Waals surface area contributed by atoms with E-state index in [1.54, 1.807) is 0 Å². The molecule has 502 valence electrons. The highest BCUT2D eigenvalue weighted by molar-refractivity contribution is 5.79. The second kappa shape index (κ2) is 25.3. The van der Waals surface area contributed by atoms with Crippen LogP contribution < -0.4 is 0 Å². The van der Waals surface area contributed by atoms with Gasteiger partial charge in [0.2, 0.25) is 6.29 Å². The summed E-state index contributed by atoms with van der Waals surface area (Å²) in [7, 11) is 0. The predicted octanol–water partition coefficient (Wildman–Crippen LogP) is -1.78. The molecule has 30 atom stereocenters. The lowest BCUT2D eigenvalue weighted by Crippen LogP contribution is -2.68. The van der Waals surface area contributed by atoms with Crippen molar-refractivity contribution >= 4 is 23.9 Å². The predicted molar refractivity (Wildman–Crippen MR) is 295 cm³/mol. The molecule has 88 heavy (non-hydrogen) atoms. The number of hydrogen-bond acceptors (Lipinski definition) is 26. The van der Waals surface area contributed by atoms with Gasteiger partial charge in [-0.1, -0.05) is 53.2 Å². The Bertz CT molecular complexity index is 2570. The lowest BCUT2D eigenvalue weighted by Gasteiger charge is -2.71. The number of allylic oxidation sites excluding steroid dienone is 2. The summed E-state index contributed by atoms with van der Waals surface area (Å²) in [6, 6.07) is 0. The first-order chi connectivity index (χ1) is 40.9. The van der Waals surface area contributed by atoms with E-state index in [1.165, 1.54) is 6.92 Å². The first-order valence-electron chi connectivity index (χ1n) is 30.8. The van der Waals surface area contributed by atoms with Gasteiger partial charge in [-0.2, -0.15) is 0 Å². The summed E-state index contributed by atoms with van der Waals surface area (Å²) in [5.74, 6) is -5.34. The molecule has 0 aromatic heterocycles. The number of esters is 2. The Balaban J connectivity index is 0.953. The summed E-state index contributed by atoms with van der Waals surface area (Å²) >= 11 is 0. The molecule has 9 aliphatic rings. The molecule has 28 heteroatoms. The minimum Gasteiger partial charge on any atom is -0.481 e. The van der Waals surface area contributed by atoms with Crippen LogP contribution in [0.4, 0.5) is 0 Å². The van der Waals surface area contributed by atoms with Gasteiger partial charge < -0.3 is 119 Å². The fourth-order valence-corrected chi connectivity index (χ4v) is 17.3. The molecular weight excluding hydrogens is 1170 g/mol. The van der Waals surface area contributed by atoms with Crippen LogP contribution in [0.1, 0.15) is 132 Å². The van der Waals surface area contributed by atoms with Gasteiger partial charge in [-0.3, -0.25) is 14.4 Å². The van der Waals surface area contributed by atoms with Crippen LogP contribution in [0.3, 0.4) is 0 Å². The third-order valence-corrected chi connectivity index (χ3v) is 22.8. The largest absolute Gasteiger partial charge is 0.481 e. The van der Waals surface area contributed by atoms with E-state index < -0.39 is 218 Å². The molecule has 9 rings (SSSR count). The average molecular weight is 1260 g/mol. The summed E-state index contributed by atoms with van der Waals surface area (Å²) < 4.78 is 53.5. The Kier molecular flexibility index (Phi) is 19.9. The summed E-state index contributed by atoms with van der Waals surface area (Å²) in [6.07, 6.45) is -31.3. The molecule has 5 aliphatic carbocycles. The van der Waals surface area contributed by atoms with Crippen molar-refractivity contribution in [1.82, 2.24) is 0 Å². The van der Waals surface area contributed by atoms with Crippen molar-refractivity contribution in [1.29, 1.82) is 0 Å². The number of hydrogen-bond donors (Lipinski definition) is 15. The SMILES string of the molecule is C[C@@H]1O[C@@H](O[C@H]2[C@H](O[C@H]3[C@H](O[C@H]4CC[C@@]5(C)[C@@H](CC[C@]6(C)[C@@H]5CC=C5[C@@H]7CC(C)(C)CC[C@]7(C(=O)O[C@@H]7O[C@H](COC(=O)C[C@@](C)(O)CC(=O)O)[C@@H](O)[C@H](O)[C@H]7O)CC[C@]56C)[C@@]4(C)CO)O[C@H](C(=O)O)[C@@H](O)[C@@H]3O)O[C@H](CO)[C@H](O)[C@@H]2O)[C@H](O)[C@H](O)[C@H]1O. The Morgan fingerprint density at radius 2 is 1.22 bits per heavy atom. The molecule has 15 N–H and O–H groups in total. The molecular formula is C60H94O28. The van der Waals surface area contributed by atoms with Crippen LogP contribution >= 0.6 is 0 Å². The highest BCUT2D eigenvalue weighted by Crippen LogP contribution is 2.76. The smallest absolute Gasteiger partial charge is 0.335 e. The second-order valence-corrected chi connectivity index (χ2v) is 28.9. The Morgan fingerprint density at radius 1 is 0.625 bits per heavy atom. The van der Waals surface area contributed by atoms with Crippen LogP contribution in [0, 0.1) is 50.2 Å². The van der Waals surface area contributed by atoms with E-state index in [9.17, 15) is 85.9 Å². The first kappa shape index (κ1) is 69.2. The number of rotatable bonds is 17. The molecule has 0 aromatic carbocycles. The maximum atomic E-state index is 15.1. The van der Waals surface area contributed by atoms with Crippen molar-refractivity contribution < 1.29 is 138 Å². The number of ether oxygens (including phenoxy) is 9. The van der Waals surface area contributed by atoms with Gasteiger partial charge in [0.25, 0.3) is 0 Å². The van der Waals surface area contributed by atoms with Crippen LogP contribution in [0.25, 0.3) is 0 Å². The minimum atomic E-state index is -2.15. The summed E-state index contributed by atoms with van der Waals surface area (Å²) in [6.45, 7) is 13.4. The van der Waals surface area contributed by atoms with Crippen molar-refractivity contribution in [3.05, 3.63) is 11.6 Å². The number of aliphatic hydroxyl groups excluding tert-OH is 12. The van der Waals surface area contributed by atoms with Gasteiger partial charge in [-0.15, -0.1) is 0 Å². The normalized spacial score (nSPS) is 49.9. The highest BCUT2D eigenvalue weighted by atomic mass is 16.8. The molecule has 0 radical (unpaired) electrons. The third-order valence-electron chi connectivity index (χ3n) is 22.8. The van der Waals surface area contributed by atoms with Crippen molar-refractivity contribution in [3.63, 3.8) is 0 Å². The van der Waals surface area contributed by atoms with Crippen LogP contribution in [0.15, 0.2) is 11.6 Å². The van der Waals surface area contributed by atoms with Gasteiger partial charge in [0.15, 0.2) is 25.0 Å².